The van der Waals surface area contributed by atoms with E-state index in [0.717, 1.165) is 12.2 Å². The maximum atomic E-state index is 14.1. The highest BCUT2D eigenvalue weighted by Gasteiger charge is 2.50. The number of piperidine rings is 2. The Morgan fingerprint density at radius 1 is 0.644 bits per heavy atom. The zero-order valence-corrected chi connectivity index (χ0v) is 23.8. The van der Waals surface area contributed by atoms with Crippen molar-refractivity contribution < 1.29 is 57.4 Å². The molecule has 0 spiro atoms. The summed E-state index contributed by atoms with van der Waals surface area (Å²) in [4.78, 5) is 2.51. The lowest BCUT2D eigenvalue weighted by Gasteiger charge is -2.41. The second kappa shape index (κ2) is 13.8. The van der Waals surface area contributed by atoms with Crippen LogP contribution in [0.1, 0.15) is 25.7 Å². The Morgan fingerprint density at radius 3 is 1.36 bits per heavy atom. The summed E-state index contributed by atoms with van der Waals surface area (Å²) >= 11 is 0. The minimum absolute atomic E-state index is 0.0889. The molecule has 17 heteroatoms. The molecule has 6 atom stereocenters. The van der Waals surface area contributed by atoms with Crippen LogP contribution >= 0.6 is 0 Å². The Morgan fingerprint density at radius 2 is 1.02 bits per heavy atom. The van der Waals surface area contributed by atoms with Crippen LogP contribution in [0.15, 0.2) is 47.9 Å². The zero-order chi connectivity index (χ0) is 33.2. The number of hydrogen-bond donors (Lipinski definition) is 2. The third-order valence-electron chi connectivity index (χ3n) is 8.42. The van der Waals surface area contributed by atoms with Gasteiger partial charge in [0, 0.05) is 38.3 Å². The molecule has 0 aromatic carbocycles. The Labute approximate surface area is 252 Å². The van der Waals surface area contributed by atoms with Gasteiger partial charge >= 0.3 is 24.7 Å². The van der Waals surface area contributed by atoms with Crippen molar-refractivity contribution in [1.29, 1.82) is 0 Å². The molecule has 0 aromatic rings. The van der Waals surface area contributed by atoms with E-state index < -0.39 is 85.3 Å². The number of halogens is 12. The summed E-state index contributed by atoms with van der Waals surface area (Å²) in [6.07, 6.45) is -16.9. The Balaban J connectivity index is 1.39. The van der Waals surface area contributed by atoms with Crippen LogP contribution in [0, 0.1) is 11.8 Å². The summed E-state index contributed by atoms with van der Waals surface area (Å²) in [7, 11) is 0. The topological polar surface area (TPSA) is 39.8 Å². The van der Waals surface area contributed by atoms with Gasteiger partial charge in [0.2, 0.25) is 0 Å². The highest BCUT2D eigenvalue weighted by Crippen LogP contribution is 2.35. The SMILES string of the molecule is FC(F)(F)C1=CC=CC(C2CCCN(C[C@H](O[C@@H](CN3CCCC(C4C=CC=C(C(F)(F)F)N4)C3)C(F)(F)F)C(F)(F)F)C2)N1. The van der Waals surface area contributed by atoms with Crippen molar-refractivity contribution in [2.75, 3.05) is 39.3 Å². The van der Waals surface area contributed by atoms with Crippen LogP contribution in [0.4, 0.5) is 52.7 Å². The van der Waals surface area contributed by atoms with E-state index in [1.54, 1.807) is 0 Å². The second-order valence-corrected chi connectivity index (χ2v) is 11.8. The van der Waals surface area contributed by atoms with E-state index in [1.165, 1.54) is 34.1 Å². The first kappa shape index (κ1) is 35.5. The summed E-state index contributed by atoms with van der Waals surface area (Å²) < 4.78 is 168. The maximum absolute atomic E-state index is 14.1. The number of nitrogens with zero attached hydrogens (tertiary/aromatic N) is 2. The highest BCUT2D eigenvalue weighted by molar-refractivity contribution is 5.25. The molecule has 2 N–H and O–H groups in total. The number of likely N-dealkylation sites (tertiary alicyclic amines) is 2. The van der Waals surface area contributed by atoms with Gasteiger partial charge in [0.05, 0.1) is 0 Å². The lowest BCUT2D eigenvalue weighted by molar-refractivity contribution is -0.291. The molecule has 4 aliphatic heterocycles. The van der Waals surface area contributed by atoms with Crippen molar-refractivity contribution in [3.8, 4) is 0 Å². The van der Waals surface area contributed by atoms with Crippen LogP contribution in [-0.2, 0) is 4.74 Å². The van der Waals surface area contributed by atoms with Crippen molar-refractivity contribution in [3.63, 3.8) is 0 Å². The minimum atomic E-state index is -5.19. The average Bonchev–Trinajstić information content (AvgIpc) is 2.95. The Bertz CT molecular complexity index is 1040. The van der Waals surface area contributed by atoms with Gasteiger partial charge in [-0.2, -0.15) is 52.7 Å². The van der Waals surface area contributed by atoms with Gasteiger partial charge in [-0.15, -0.1) is 0 Å². The lowest BCUT2D eigenvalue weighted by atomic mass is 9.88. The van der Waals surface area contributed by atoms with Crippen LogP contribution in [0.3, 0.4) is 0 Å². The number of hydrogen-bond acceptors (Lipinski definition) is 5. The highest BCUT2D eigenvalue weighted by atomic mass is 19.4. The average molecular weight is 671 g/mol. The number of rotatable bonds is 8. The first-order chi connectivity index (χ1) is 20.8. The molecule has 0 aliphatic carbocycles. The molecular weight excluding hydrogens is 636 g/mol. The molecule has 4 rings (SSSR count). The molecule has 2 saturated heterocycles. The van der Waals surface area contributed by atoms with E-state index in [2.05, 4.69) is 10.6 Å². The van der Waals surface area contributed by atoms with Gasteiger partial charge in [0.25, 0.3) is 0 Å². The molecule has 256 valence electrons. The van der Waals surface area contributed by atoms with E-state index in [1.807, 2.05) is 0 Å². The molecule has 0 radical (unpaired) electrons. The summed E-state index contributed by atoms with van der Waals surface area (Å²) in [5, 5.41) is 4.70. The normalized spacial score (nSPS) is 29.0. The van der Waals surface area contributed by atoms with Crippen molar-refractivity contribution >= 4 is 0 Å². The fraction of sp³-hybridized carbons (Fsp3) is 0.714. The van der Waals surface area contributed by atoms with Gasteiger partial charge in [-0.1, -0.05) is 24.3 Å². The largest absolute Gasteiger partial charge is 0.430 e. The number of nitrogens with one attached hydrogen (secondary N) is 2. The van der Waals surface area contributed by atoms with Crippen molar-refractivity contribution in [2.24, 2.45) is 11.8 Å². The van der Waals surface area contributed by atoms with Gasteiger partial charge in [0.1, 0.15) is 11.4 Å². The molecule has 4 aliphatic rings. The predicted octanol–water partition coefficient (Wildman–Crippen LogP) is 6.24. The Kier molecular flexibility index (Phi) is 10.8. The molecule has 0 bridgehead atoms. The van der Waals surface area contributed by atoms with Gasteiger partial charge in [-0.3, -0.25) is 0 Å². The summed E-state index contributed by atoms with van der Waals surface area (Å²) in [6, 6.07) is -1.66. The van der Waals surface area contributed by atoms with E-state index in [-0.39, 0.29) is 26.2 Å². The fourth-order valence-electron chi connectivity index (χ4n) is 6.21. The van der Waals surface area contributed by atoms with Crippen LogP contribution in [0.5, 0.6) is 0 Å². The smallest absolute Gasteiger partial charge is 0.375 e. The molecule has 45 heavy (non-hydrogen) atoms. The van der Waals surface area contributed by atoms with Gasteiger partial charge in [0.15, 0.2) is 12.2 Å². The minimum Gasteiger partial charge on any atom is -0.375 e. The van der Waals surface area contributed by atoms with Crippen LogP contribution in [0.25, 0.3) is 0 Å². The van der Waals surface area contributed by atoms with E-state index >= 15 is 0 Å². The maximum Gasteiger partial charge on any atom is 0.430 e. The standard InChI is InChI=1S/C28H34F12N4O/c29-25(30,31)21-9-1-7-19(41-21)17-5-3-11-43(13-17)15-23(27(35,36)37)45-24(28(38,39)40)16-44-12-4-6-18(14-44)20-8-2-10-22(42-20)26(32,33)34/h1-2,7-10,17-20,23-24,41-42H,3-6,11-16H2/t17?,18?,19?,20?,23-,24-/m0/s1. The monoisotopic (exact) mass is 670 g/mol. The number of dihydropyridines is 2. The zero-order valence-electron chi connectivity index (χ0n) is 23.8. The van der Waals surface area contributed by atoms with Crippen LogP contribution in [0.2, 0.25) is 0 Å². The molecule has 0 aromatic heterocycles. The summed E-state index contributed by atoms with van der Waals surface area (Å²) in [6.45, 7) is -1.90. The molecule has 2 fully saturated rings. The van der Waals surface area contributed by atoms with Crippen LogP contribution in [-0.4, -0.2) is 98.1 Å². The van der Waals surface area contributed by atoms with Crippen LogP contribution < -0.4 is 10.6 Å². The quantitative estimate of drug-likeness (QED) is 0.300. The third-order valence-corrected chi connectivity index (χ3v) is 8.42. The van der Waals surface area contributed by atoms with Gasteiger partial charge < -0.3 is 25.2 Å². The van der Waals surface area contributed by atoms with E-state index in [9.17, 15) is 52.7 Å². The molecule has 5 nitrogen and oxygen atoms in total. The molecule has 4 unspecified atom stereocenters. The van der Waals surface area contributed by atoms with Gasteiger partial charge in [-0.05, 0) is 62.8 Å². The van der Waals surface area contributed by atoms with Crippen molar-refractivity contribution in [1.82, 2.24) is 20.4 Å². The summed E-state index contributed by atoms with van der Waals surface area (Å²) in [5.74, 6) is -1.07. The molecule has 0 saturated carbocycles. The Hall–Kier alpha value is -2.40. The molecular formula is C28H34F12N4O. The third kappa shape index (κ3) is 9.80. The van der Waals surface area contributed by atoms with E-state index in [4.69, 9.17) is 4.74 Å². The van der Waals surface area contributed by atoms with E-state index in [0.29, 0.717) is 25.7 Å². The fourth-order valence-corrected chi connectivity index (χ4v) is 6.21. The first-order valence-corrected chi connectivity index (χ1v) is 14.5. The molecule has 4 heterocycles. The second-order valence-electron chi connectivity index (χ2n) is 11.8. The van der Waals surface area contributed by atoms with Crippen molar-refractivity contribution in [3.05, 3.63) is 47.9 Å². The first-order valence-electron chi connectivity index (χ1n) is 14.5. The number of allylic oxidation sites excluding steroid dienone is 6. The van der Waals surface area contributed by atoms with Gasteiger partial charge in [-0.25, -0.2) is 0 Å². The molecule has 0 amide bonds. The predicted molar refractivity (Wildman–Crippen MR) is 140 cm³/mol. The number of alkyl halides is 12. The number of ether oxygens (including phenoxy) is 1. The lowest BCUT2D eigenvalue weighted by Crippen LogP contribution is -2.54. The van der Waals surface area contributed by atoms with Crippen molar-refractivity contribution in [2.45, 2.75) is 74.7 Å². The summed E-state index contributed by atoms with van der Waals surface area (Å²) in [5.41, 5.74) is -1.99.